The Labute approximate surface area is 154 Å². The van der Waals surface area contributed by atoms with Gasteiger partial charge in [0.2, 0.25) is 0 Å². The maximum atomic E-state index is 12.9. The molecule has 26 heavy (non-hydrogen) atoms. The molecule has 2 fully saturated rings. The highest BCUT2D eigenvalue weighted by Crippen LogP contribution is 2.25. The lowest BCUT2D eigenvalue weighted by atomic mass is 10.1. The normalized spacial score (nSPS) is 23.2. The van der Waals surface area contributed by atoms with E-state index in [0.717, 1.165) is 19.5 Å². The zero-order valence-electron chi connectivity index (χ0n) is 15.4. The van der Waals surface area contributed by atoms with E-state index in [9.17, 15) is 4.79 Å². The molecule has 1 aromatic carbocycles. The second-order valence-corrected chi connectivity index (χ2v) is 6.78. The number of methoxy groups -OCH3 is 1. The first-order valence-electron chi connectivity index (χ1n) is 9.36. The number of ether oxygens (including phenoxy) is 3. The molecular formula is C19H29N3O4. The SMILES string of the molecule is COc1ccc(OCCCN)c(C(=O)N[C@H]2COC[C@@H]2N2CCCC2)c1. The minimum atomic E-state index is -0.161. The van der Waals surface area contributed by atoms with Gasteiger partial charge in [-0.1, -0.05) is 0 Å². The first kappa shape index (κ1) is 18.9. The maximum absolute atomic E-state index is 12.9. The molecule has 0 spiro atoms. The van der Waals surface area contributed by atoms with Gasteiger partial charge in [0.25, 0.3) is 5.91 Å². The summed E-state index contributed by atoms with van der Waals surface area (Å²) in [5.41, 5.74) is 6.00. The topological polar surface area (TPSA) is 86.0 Å². The molecule has 0 aromatic heterocycles. The molecule has 3 N–H and O–H groups in total. The summed E-state index contributed by atoms with van der Waals surface area (Å²) in [5.74, 6) is 1.01. The van der Waals surface area contributed by atoms with Crippen LogP contribution in [0, 0.1) is 0 Å². The zero-order chi connectivity index (χ0) is 18.4. The minimum Gasteiger partial charge on any atom is -0.497 e. The first-order chi connectivity index (χ1) is 12.7. The van der Waals surface area contributed by atoms with Gasteiger partial charge in [0.15, 0.2) is 0 Å². The average molecular weight is 363 g/mol. The summed E-state index contributed by atoms with van der Waals surface area (Å²) in [6.07, 6.45) is 3.17. The number of benzene rings is 1. The van der Waals surface area contributed by atoms with E-state index in [-0.39, 0.29) is 18.0 Å². The second kappa shape index (κ2) is 9.21. The predicted octanol–water partition coefficient (Wildman–Crippen LogP) is 1.02. The summed E-state index contributed by atoms with van der Waals surface area (Å²) in [6.45, 7) is 4.39. The van der Waals surface area contributed by atoms with E-state index in [1.54, 1.807) is 25.3 Å². The molecule has 2 aliphatic heterocycles. The smallest absolute Gasteiger partial charge is 0.255 e. The largest absolute Gasteiger partial charge is 0.497 e. The lowest BCUT2D eigenvalue weighted by molar-refractivity contribution is 0.0912. The number of hydrogen-bond acceptors (Lipinski definition) is 6. The van der Waals surface area contributed by atoms with Crippen molar-refractivity contribution in [2.24, 2.45) is 5.73 Å². The van der Waals surface area contributed by atoms with Crippen LogP contribution in [0.4, 0.5) is 0 Å². The molecule has 3 rings (SSSR count). The number of nitrogens with two attached hydrogens (primary N) is 1. The summed E-state index contributed by atoms with van der Waals surface area (Å²) in [6, 6.07) is 5.51. The Morgan fingerprint density at radius 2 is 2.15 bits per heavy atom. The number of carbonyl (C=O) groups is 1. The Morgan fingerprint density at radius 1 is 1.35 bits per heavy atom. The third kappa shape index (κ3) is 4.47. The van der Waals surface area contributed by atoms with Crippen LogP contribution in [0.1, 0.15) is 29.6 Å². The molecule has 1 amide bonds. The van der Waals surface area contributed by atoms with E-state index in [1.165, 1.54) is 12.8 Å². The van der Waals surface area contributed by atoms with Crippen molar-refractivity contribution in [1.82, 2.24) is 10.2 Å². The fraction of sp³-hybridized carbons (Fsp3) is 0.632. The highest BCUT2D eigenvalue weighted by Gasteiger charge is 2.35. The monoisotopic (exact) mass is 363 g/mol. The molecule has 2 atom stereocenters. The van der Waals surface area contributed by atoms with Crippen molar-refractivity contribution in [1.29, 1.82) is 0 Å². The van der Waals surface area contributed by atoms with Crippen LogP contribution in [0.15, 0.2) is 18.2 Å². The molecule has 1 aromatic rings. The number of nitrogens with one attached hydrogen (secondary N) is 1. The van der Waals surface area contributed by atoms with Crippen LogP contribution in [0.5, 0.6) is 11.5 Å². The van der Waals surface area contributed by atoms with Crippen LogP contribution in [-0.4, -0.2) is 69.5 Å². The Bertz CT molecular complexity index is 604. The van der Waals surface area contributed by atoms with E-state index in [4.69, 9.17) is 19.9 Å². The zero-order valence-corrected chi connectivity index (χ0v) is 15.4. The predicted molar refractivity (Wildman–Crippen MR) is 98.8 cm³/mol. The summed E-state index contributed by atoms with van der Waals surface area (Å²) in [4.78, 5) is 15.4. The van der Waals surface area contributed by atoms with Gasteiger partial charge in [-0.3, -0.25) is 9.69 Å². The van der Waals surface area contributed by atoms with Gasteiger partial charge in [0.1, 0.15) is 11.5 Å². The van der Waals surface area contributed by atoms with E-state index in [2.05, 4.69) is 10.2 Å². The van der Waals surface area contributed by atoms with Crippen molar-refractivity contribution < 1.29 is 19.0 Å². The van der Waals surface area contributed by atoms with E-state index in [0.29, 0.717) is 43.4 Å². The number of rotatable bonds is 8. The minimum absolute atomic E-state index is 0.0105. The summed E-state index contributed by atoms with van der Waals surface area (Å²) >= 11 is 0. The maximum Gasteiger partial charge on any atom is 0.255 e. The lowest BCUT2D eigenvalue weighted by Gasteiger charge is -2.28. The molecular weight excluding hydrogens is 334 g/mol. The van der Waals surface area contributed by atoms with Crippen LogP contribution in [0.3, 0.4) is 0 Å². The fourth-order valence-corrected chi connectivity index (χ4v) is 3.56. The third-order valence-corrected chi connectivity index (χ3v) is 5.01. The van der Waals surface area contributed by atoms with Crippen molar-refractivity contribution >= 4 is 5.91 Å². The molecule has 0 saturated carbocycles. The van der Waals surface area contributed by atoms with Crippen molar-refractivity contribution in [2.45, 2.75) is 31.3 Å². The highest BCUT2D eigenvalue weighted by atomic mass is 16.5. The standard InChI is InChI=1S/C19H29N3O4/c1-24-14-5-6-18(26-10-4-7-20)15(11-14)19(23)21-16-12-25-13-17(16)22-8-2-3-9-22/h5-6,11,16-17H,2-4,7-10,12-13,20H2,1H3,(H,21,23)/t16-,17-/m0/s1. The quantitative estimate of drug-likeness (QED) is 0.671. The number of carbonyl (C=O) groups excluding carboxylic acids is 1. The number of amides is 1. The van der Waals surface area contributed by atoms with Crippen molar-refractivity contribution in [3.8, 4) is 11.5 Å². The van der Waals surface area contributed by atoms with Gasteiger partial charge in [0, 0.05) is 0 Å². The summed E-state index contributed by atoms with van der Waals surface area (Å²) in [7, 11) is 1.58. The second-order valence-electron chi connectivity index (χ2n) is 6.78. The van der Waals surface area contributed by atoms with Crippen LogP contribution in [-0.2, 0) is 4.74 Å². The average Bonchev–Trinajstić information content (AvgIpc) is 3.33. The molecule has 2 heterocycles. The van der Waals surface area contributed by atoms with E-state index >= 15 is 0 Å². The number of hydrogen-bond donors (Lipinski definition) is 2. The Hall–Kier alpha value is -1.83. The van der Waals surface area contributed by atoms with E-state index < -0.39 is 0 Å². The van der Waals surface area contributed by atoms with Crippen LogP contribution < -0.4 is 20.5 Å². The van der Waals surface area contributed by atoms with Gasteiger partial charge in [-0.15, -0.1) is 0 Å². The Morgan fingerprint density at radius 3 is 2.88 bits per heavy atom. The van der Waals surface area contributed by atoms with Gasteiger partial charge in [-0.2, -0.15) is 0 Å². The number of nitrogens with zero attached hydrogens (tertiary/aromatic N) is 1. The summed E-state index contributed by atoms with van der Waals surface area (Å²) < 4.78 is 16.7. The van der Waals surface area contributed by atoms with Gasteiger partial charge < -0.3 is 25.3 Å². The Kier molecular flexibility index (Phi) is 6.71. The third-order valence-electron chi connectivity index (χ3n) is 5.01. The summed E-state index contributed by atoms with van der Waals surface area (Å²) in [5, 5.41) is 3.14. The molecule has 2 aliphatic rings. The van der Waals surface area contributed by atoms with Crippen molar-refractivity contribution in [3.05, 3.63) is 23.8 Å². The van der Waals surface area contributed by atoms with Gasteiger partial charge in [-0.25, -0.2) is 0 Å². The first-order valence-corrected chi connectivity index (χ1v) is 9.36. The number of likely N-dealkylation sites (tertiary alicyclic amines) is 1. The highest BCUT2D eigenvalue weighted by molar-refractivity contribution is 5.97. The lowest BCUT2D eigenvalue weighted by Crippen LogP contribution is -2.50. The van der Waals surface area contributed by atoms with Crippen LogP contribution in [0.2, 0.25) is 0 Å². The molecule has 2 saturated heterocycles. The van der Waals surface area contributed by atoms with Crippen molar-refractivity contribution in [2.75, 3.05) is 46.6 Å². The molecule has 0 bridgehead atoms. The molecule has 0 radical (unpaired) electrons. The Balaban J connectivity index is 1.71. The van der Waals surface area contributed by atoms with E-state index in [1.807, 2.05) is 0 Å². The molecule has 0 unspecified atom stereocenters. The molecule has 7 heteroatoms. The molecule has 7 nitrogen and oxygen atoms in total. The van der Waals surface area contributed by atoms with Gasteiger partial charge in [-0.05, 0) is 57.1 Å². The van der Waals surface area contributed by atoms with Crippen LogP contribution in [0.25, 0.3) is 0 Å². The molecule has 144 valence electrons. The van der Waals surface area contributed by atoms with Crippen LogP contribution >= 0.6 is 0 Å². The van der Waals surface area contributed by atoms with Gasteiger partial charge in [0.05, 0.1) is 44.6 Å². The van der Waals surface area contributed by atoms with Crippen molar-refractivity contribution in [3.63, 3.8) is 0 Å². The fourth-order valence-electron chi connectivity index (χ4n) is 3.56. The molecule has 0 aliphatic carbocycles. The van der Waals surface area contributed by atoms with Gasteiger partial charge >= 0.3 is 0 Å².